The highest BCUT2D eigenvalue weighted by molar-refractivity contribution is 6.31. The highest BCUT2D eigenvalue weighted by Crippen LogP contribution is 2.30. The smallest absolute Gasteiger partial charge is 0.407 e. The predicted octanol–water partition coefficient (Wildman–Crippen LogP) is 4.75. The van der Waals surface area contributed by atoms with Crippen molar-refractivity contribution in [2.45, 2.75) is 57.7 Å². The number of hydrogen-bond acceptors (Lipinski definition) is 4. The van der Waals surface area contributed by atoms with Gasteiger partial charge >= 0.3 is 6.09 Å². The molecule has 1 saturated carbocycles. The summed E-state index contributed by atoms with van der Waals surface area (Å²) in [6.07, 6.45) is 4.17. The van der Waals surface area contributed by atoms with Gasteiger partial charge in [0.1, 0.15) is 5.60 Å². The molecule has 3 rings (SSSR count). The number of benzene rings is 1. The van der Waals surface area contributed by atoms with Gasteiger partial charge in [0, 0.05) is 28.7 Å². The largest absolute Gasteiger partial charge is 0.444 e. The fraction of sp³-hybridized carbons (Fsp3) is 0.474. The minimum absolute atomic E-state index is 0.116. The molecule has 0 spiro atoms. The van der Waals surface area contributed by atoms with Crippen molar-refractivity contribution in [1.29, 1.82) is 0 Å². The van der Waals surface area contributed by atoms with Crippen LogP contribution in [0.25, 0.3) is 10.9 Å². The Morgan fingerprint density at radius 2 is 2.04 bits per heavy atom. The zero-order valence-corrected chi connectivity index (χ0v) is 15.6. The first kappa shape index (κ1) is 17.8. The molecule has 1 aliphatic carbocycles. The summed E-state index contributed by atoms with van der Waals surface area (Å²) in [6, 6.07) is 8.11. The Morgan fingerprint density at radius 1 is 1.28 bits per heavy atom. The van der Waals surface area contributed by atoms with Crippen molar-refractivity contribution >= 4 is 34.3 Å². The van der Waals surface area contributed by atoms with Crippen molar-refractivity contribution in [3.63, 3.8) is 0 Å². The van der Waals surface area contributed by atoms with E-state index in [0.717, 1.165) is 35.9 Å². The minimum Gasteiger partial charge on any atom is -0.444 e. The third kappa shape index (κ3) is 4.75. The lowest BCUT2D eigenvalue weighted by molar-refractivity contribution is 0.0505. The van der Waals surface area contributed by atoms with E-state index in [1.807, 2.05) is 45.0 Å². The van der Waals surface area contributed by atoms with Gasteiger partial charge in [0.2, 0.25) is 0 Å². The van der Waals surface area contributed by atoms with Gasteiger partial charge in [0.05, 0.1) is 11.2 Å². The number of aromatic nitrogens is 1. The van der Waals surface area contributed by atoms with Crippen LogP contribution in [0.3, 0.4) is 0 Å². The van der Waals surface area contributed by atoms with Gasteiger partial charge in [-0.1, -0.05) is 17.7 Å². The third-order valence-electron chi connectivity index (χ3n) is 4.18. The van der Waals surface area contributed by atoms with Crippen LogP contribution in [-0.2, 0) is 4.74 Å². The second-order valence-corrected chi connectivity index (χ2v) is 7.96. The zero-order valence-electron chi connectivity index (χ0n) is 14.8. The molecule has 0 bridgehead atoms. The summed E-state index contributed by atoms with van der Waals surface area (Å²) in [6.45, 7) is 5.59. The second-order valence-electron chi connectivity index (χ2n) is 7.53. The summed E-state index contributed by atoms with van der Waals surface area (Å²) in [5.41, 5.74) is 1.37. The van der Waals surface area contributed by atoms with Crippen LogP contribution in [0.5, 0.6) is 0 Å². The molecule has 1 aromatic heterocycles. The molecular weight excluding hydrogens is 338 g/mol. The number of anilines is 1. The van der Waals surface area contributed by atoms with Crippen LogP contribution in [-0.4, -0.2) is 28.8 Å². The van der Waals surface area contributed by atoms with E-state index >= 15 is 0 Å². The van der Waals surface area contributed by atoms with Crippen molar-refractivity contribution in [2.24, 2.45) is 0 Å². The number of carbonyl (C=O) groups excluding carboxylic acids is 1. The molecule has 2 aromatic rings. The standard InChI is InChI=1S/C19H24ClN3O2/c1-19(2,3)25-18(24)23-15-7-6-14(11-15)22-16-10-13(20)9-12-5-4-8-21-17(12)16/h4-5,8-10,14-15,22H,6-7,11H2,1-3H3,(H,23,24). The Labute approximate surface area is 153 Å². The van der Waals surface area contributed by atoms with Crippen LogP contribution in [0, 0.1) is 0 Å². The predicted molar refractivity (Wildman–Crippen MR) is 101 cm³/mol. The SMILES string of the molecule is CC(C)(C)OC(=O)NC1CCC(Nc2cc(Cl)cc3cccnc23)C1. The molecule has 1 heterocycles. The van der Waals surface area contributed by atoms with Crippen LogP contribution in [0.4, 0.5) is 10.5 Å². The van der Waals surface area contributed by atoms with Gasteiger partial charge in [-0.05, 0) is 58.2 Å². The van der Waals surface area contributed by atoms with Crippen LogP contribution < -0.4 is 10.6 Å². The molecule has 1 fully saturated rings. The molecule has 0 radical (unpaired) electrons. The molecule has 6 heteroatoms. The number of ether oxygens (including phenoxy) is 1. The van der Waals surface area contributed by atoms with E-state index in [-0.39, 0.29) is 18.2 Å². The van der Waals surface area contributed by atoms with Gasteiger partial charge < -0.3 is 15.4 Å². The van der Waals surface area contributed by atoms with Gasteiger partial charge in [0.25, 0.3) is 0 Å². The van der Waals surface area contributed by atoms with E-state index in [0.29, 0.717) is 5.02 Å². The Balaban J connectivity index is 1.63. The molecule has 0 aliphatic heterocycles. The van der Waals surface area contributed by atoms with Gasteiger partial charge in [0.15, 0.2) is 0 Å². The van der Waals surface area contributed by atoms with Crippen molar-refractivity contribution in [3.05, 3.63) is 35.5 Å². The minimum atomic E-state index is -0.480. The Bertz CT molecular complexity index is 773. The number of nitrogens with zero attached hydrogens (tertiary/aromatic N) is 1. The lowest BCUT2D eigenvalue weighted by Gasteiger charge is -2.22. The first-order chi connectivity index (χ1) is 11.8. The van der Waals surface area contributed by atoms with Crippen molar-refractivity contribution < 1.29 is 9.53 Å². The number of fused-ring (bicyclic) bond motifs is 1. The molecule has 2 atom stereocenters. The number of amides is 1. The molecule has 1 aliphatic rings. The maximum Gasteiger partial charge on any atom is 0.407 e. The number of pyridine rings is 1. The molecule has 2 N–H and O–H groups in total. The molecular formula is C19H24ClN3O2. The number of carbonyl (C=O) groups is 1. The number of halogens is 1. The second kappa shape index (κ2) is 7.08. The lowest BCUT2D eigenvalue weighted by Crippen LogP contribution is -2.38. The van der Waals surface area contributed by atoms with E-state index < -0.39 is 5.60 Å². The summed E-state index contributed by atoms with van der Waals surface area (Å²) < 4.78 is 5.33. The maximum atomic E-state index is 11.9. The highest BCUT2D eigenvalue weighted by atomic mass is 35.5. The van der Waals surface area contributed by atoms with Gasteiger partial charge in [-0.25, -0.2) is 4.79 Å². The summed E-state index contributed by atoms with van der Waals surface area (Å²) >= 11 is 6.23. The van der Waals surface area contributed by atoms with Crippen molar-refractivity contribution in [2.75, 3.05) is 5.32 Å². The van der Waals surface area contributed by atoms with Gasteiger partial charge in [-0.2, -0.15) is 0 Å². The molecule has 2 unspecified atom stereocenters. The maximum absolute atomic E-state index is 11.9. The van der Waals surface area contributed by atoms with Crippen LogP contribution in [0.1, 0.15) is 40.0 Å². The highest BCUT2D eigenvalue weighted by Gasteiger charge is 2.28. The van der Waals surface area contributed by atoms with Crippen LogP contribution in [0.2, 0.25) is 5.02 Å². The summed E-state index contributed by atoms with van der Waals surface area (Å²) in [5.74, 6) is 0. The number of alkyl carbamates (subject to hydrolysis) is 1. The first-order valence-electron chi connectivity index (χ1n) is 8.60. The van der Waals surface area contributed by atoms with Crippen molar-refractivity contribution in [3.8, 4) is 0 Å². The molecule has 0 saturated heterocycles. The first-order valence-corrected chi connectivity index (χ1v) is 8.98. The van der Waals surface area contributed by atoms with Gasteiger partial charge in [-0.15, -0.1) is 0 Å². The summed E-state index contributed by atoms with van der Waals surface area (Å²) in [4.78, 5) is 16.4. The van der Waals surface area contributed by atoms with Crippen LogP contribution in [0.15, 0.2) is 30.5 Å². The Morgan fingerprint density at radius 3 is 2.80 bits per heavy atom. The quantitative estimate of drug-likeness (QED) is 0.828. The Hall–Kier alpha value is -2.01. The van der Waals surface area contributed by atoms with Crippen LogP contribution >= 0.6 is 11.6 Å². The lowest BCUT2D eigenvalue weighted by atomic mass is 10.1. The number of hydrogen-bond donors (Lipinski definition) is 2. The number of nitrogens with one attached hydrogen (secondary N) is 2. The van der Waals surface area contributed by atoms with E-state index in [9.17, 15) is 4.79 Å². The normalized spacial score (nSPS) is 20.5. The monoisotopic (exact) mass is 361 g/mol. The van der Waals surface area contributed by atoms with E-state index in [4.69, 9.17) is 16.3 Å². The summed E-state index contributed by atoms with van der Waals surface area (Å²) in [5, 5.41) is 8.19. The Kier molecular flexibility index (Phi) is 5.04. The molecule has 5 nitrogen and oxygen atoms in total. The summed E-state index contributed by atoms with van der Waals surface area (Å²) in [7, 11) is 0. The number of rotatable bonds is 3. The molecule has 1 amide bonds. The van der Waals surface area contributed by atoms with E-state index in [2.05, 4.69) is 15.6 Å². The topological polar surface area (TPSA) is 63.2 Å². The average molecular weight is 362 g/mol. The van der Waals surface area contributed by atoms with Crippen molar-refractivity contribution in [1.82, 2.24) is 10.3 Å². The fourth-order valence-corrected chi connectivity index (χ4v) is 3.43. The fourth-order valence-electron chi connectivity index (χ4n) is 3.20. The molecule has 25 heavy (non-hydrogen) atoms. The van der Waals surface area contributed by atoms with Gasteiger partial charge in [-0.3, -0.25) is 4.98 Å². The molecule has 134 valence electrons. The zero-order chi connectivity index (χ0) is 18.0. The van der Waals surface area contributed by atoms with E-state index in [1.54, 1.807) is 6.20 Å². The molecule has 1 aromatic carbocycles. The third-order valence-corrected chi connectivity index (χ3v) is 4.40. The van der Waals surface area contributed by atoms with E-state index in [1.165, 1.54) is 0 Å². The average Bonchev–Trinajstić information content (AvgIpc) is 2.92.